The quantitative estimate of drug-likeness (QED) is 0.217. The Morgan fingerprint density at radius 3 is 2.19 bits per heavy atom. The lowest BCUT2D eigenvalue weighted by atomic mass is 9.33. The molecule has 0 spiro atoms. The Labute approximate surface area is 259 Å². The molecule has 236 valence electrons. The third-order valence-corrected chi connectivity index (χ3v) is 14.6. The topological polar surface area (TPSA) is 72.8 Å². The molecule has 0 saturated heterocycles. The first-order valence-electron chi connectivity index (χ1n) is 16.8. The number of ether oxygens (including phenoxy) is 2. The van der Waals surface area contributed by atoms with Crippen molar-refractivity contribution in [3.8, 4) is 0 Å². The maximum absolute atomic E-state index is 13.5. The van der Waals surface area contributed by atoms with Gasteiger partial charge in [-0.25, -0.2) is 4.79 Å². The Balaban J connectivity index is 1.35. The number of carbonyl (C=O) groups excluding carboxylic acids is 2. The minimum absolute atomic E-state index is 0.00254. The number of benzene rings is 1. The van der Waals surface area contributed by atoms with Gasteiger partial charge in [0.25, 0.3) is 0 Å². The first kappa shape index (κ1) is 30.9. The molecule has 0 aromatic heterocycles. The van der Waals surface area contributed by atoms with E-state index < -0.39 is 22.6 Å². The highest BCUT2D eigenvalue weighted by Crippen LogP contribution is 2.76. The normalized spacial score (nSPS) is 44.4. The summed E-state index contributed by atoms with van der Waals surface area (Å²) in [6, 6.07) is 9.02. The van der Waals surface area contributed by atoms with Gasteiger partial charge in [-0.3, -0.25) is 4.79 Å². The monoisotopic (exact) mass is 590 g/mol. The number of carbonyl (C=O) groups is 2. The molecular weight excluding hydrogens is 536 g/mol. The summed E-state index contributed by atoms with van der Waals surface area (Å²) in [5.74, 6) is -1.08. The van der Waals surface area contributed by atoms with Crippen molar-refractivity contribution >= 4 is 11.9 Å². The Bertz CT molecular complexity index is 1330. The average Bonchev–Trinajstić information content (AvgIpc) is 2.95. The van der Waals surface area contributed by atoms with E-state index in [1.165, 1.54) is 5.57 Å². The summed E-state index contributed by atoms with van der Waals surface area (Å²) in [4.78, 5) is 26.7. The molecule has 5 nitrogen and oxygen atoms in total. The van der Waals surface area contributed by atoms with Crippen molar-refractivity contribution in [2.24, 2.45) is 50.2 Å². The molecule has 1 aromatic carbocycles. The molecule has 4 saturated carbocycles. The lowest BCUT2D eigenvalue weighted by Crippen LogP contribution is -2.67. The first-order valence-corrected chi connectivity index (χ1v) is 16.8. The molecule has 1 N–H and O–H groups in total. The molecule has 8 atom stereocenters. The fraction of sp³-hybridized carbons (Fsp3) is 0.737. The van der Waals surface area contributed by atoms with Crippen LogP contribution < -0.4 is 0 Å². The molecule has 5 aliphatic carbocycles. The number of hydrogen-bond donors (Lipinski definition) is 1. The molecule has 0 amide bonds. The van der Waals surface area contributed by atoms with E-state index >= 15 is 0 Å². The summed E-state index contributed by atoms with van der Waals surface area (Å²) < 4.78 is 11.5. The molecule has 43 heavy (non-hydrogen) atoms. The van der Waals surface area contributed by atoms with E-state index in [4.69, 9.17) is 9.47 Å². The largest absolute Gasteiger partial charge is 0.469 e. The third-order valence-electron chi connectivity index (χ3n) is 14.6. The van der Waals surface area contributed by atoms with Crippen molar-refractivity contribution in [2.45, 2.75) is 118 Å². The van der Waals surface area contributed by atoms with Crippen LogP contribution in [0.4, 0.5) is 0 Å². The van der Waals surface area contributed by atoms with Gasteiger partial charge in [0.2, 0.25) is 5.79 Å². The van der Waals surface area contributed by atoms with Gasteiger partial charge in [0.15, 0.2) is 0 Å². The van der Waals surface area contributed by atoms with Crippen LogP contribution in [0.1, 0.15) is 123 Å². The van der Waals surface area contributed by atoms with Crippen molar-refractivity contribution in [1.29, 1.82) is 0 Å². The average molecular weight is 591 g/mol. The van der Waals surface area contributed by atoms with Crippen LogP contribution >= 0.6 is 0 Å². The summed E-state index contributed by atoms with van der Waals surface area (Å²) in [7, 11) is 1.57. The van der Waals surface area contributed by atoms with Crippen molar-refractivity contribution in [2.75, 3.05) is 7.11 Å². The van der Waals surface area contributed by atoms with E-state index in [1.54, 1.807) is 19.2 Å². The highest BCUT2D eigenvalue weighted by Gasteiger charge is 2.71. The second-order valence-electron chi connectivity index (χ2n) is 17.1. The zero-order chi connectivity index (χ0) is 31.3. The van der Waals surface area contributed by atoms with Crippen LogP contribution in [-0.4, -0.2) is 29.9 Å². The van der Waals surface area contributed by atoms with Gasteiger partial charge in [0.1, 0.15) is 0 Å². The molecule has 0 aliphatic heterocycles. The van der Waals surface area contributed by atoms with E-state index in [1.807, 2.05) is 18.2 Å². The molecule has 5 heteroatoms. The summed E-state index contributed by atoms with van der Waals surface area (Å²) in [6.07, 6.45) is 11.8. The first-order chi connectivity index (χ1) is 20.0. The van der Waals surface area contributed by atoms with Crippen LogP contribution in [0.3, 0.4) is 0 Å². The molecule has 5 aliphatic rings. The van der Waals surface area contributed by atoms with E-state index in [9.17, 15) is 14.7 Å². The zero-order valence-corrected chi connectivity index (χ0v) is 27.8. The Hall–Kier alpha value is -2.14. The van der Waals surface area contributed by atoms with Gasteiger partial charge in [-0.15, -0.1) is 0 Å². The van der Waals surface area contributed by atoms with Crippen LogP contribution in [0, 0.1) is 50.2 Å². The SMILES string of the molecule is COC(=O)[C@]12CCC(C)(C)C[C@@H]1C1=CC[C@@H]3[C@@]4(C)CC[C@](O)(OC(=O)c5ccccc5)C(C)(C)C4CC[C@@]3(C)[C@]1(C)CC2. The summed E-state index contributed by atoms with van der Waals surface area (Å²) in [5, 5.41) is 12.1. The van der Waals surface area contributed by atoms with Crippen LogP contribution in [0.15, 0.2) is 42.0 Å². The van der Waals surface area contributed by atoms with Crippen LogP contribution in [0.25, 0.3) is 0 Å². The third kappa shape index (κ3) is 4.11. The van der Waals surface area contributed by atoms with Gasteiger partial charge >= 0.3 is 11.9 Å². The van der Waals surface area contributed by atoms with Gasteiger partial charge in [-0.2, -0.15) is 0 Å². The number of hydrogen-bond acceptors (Lipinski definition) is 5. The van der Waals surface area contributed by atoms with Gasteiger partial charge in [0, 0.05) is 11.8 Å². The summed E-state index contributed by atoms with van der Waals surface area (Å²) in [5.41, 5.74) is 1.30. The molecular formula is C38H54O5. The second-order valence-corrected chi connectivity index (χ2v) is 17.1. The minimum Gasteiger partial charge on any atom is -0.469 e. The second kappa shape index (κ2) is 9.68. The van der Waals surface area contributed by atoms with Crippen molar-refractivity contribution in [3.63, 3.8) is 0 Å². The Morgan fingerprint density at radius 2 is 1.51 bits per heavy atom. The highest BCUT2D eigenvalue weighted by molar-refractivity contribution is 5.89. The maximum Gasteiger partial charge on any atom is 0.340 e. The number of esters is 2. The highest BCUT2D eigenvalue weighted by atomic mass is 16.7. The molecule has 0 heterocycles. The molecule has 0 bridgehead atoms. The predicted molar refractivity (Wildman–Crippen MR) is 168 cm³/mol. The number of allylic oxidation sites excluding steroid dienone is 2. The van der Waals surface area contributed by atoms with Gasteiger partial charge < -0.3 is 14.6 Å². The number of rotatable bonds is 3. The van der Waals surface area contributed by atoms with Crippen molar-refractivity contribution in [1.82, 2.24) is 0 Å². The number of methoxy groups -OCH3 is 1. The van der Waals surface area contributed by atoms with E-state index in [-0.39, 0.29) is 39.5 Å². The minimum atomic E-state index is -1.52. The smallest absolute Gasteiger partial charge is 0.340 e. The van der Waals surface area contributed by atoms with Crippen LogP contribution in [0.5, 0.6) is 0 Å². The lowest BCUT2D eigenvalue weighted by molar-refractivity contribution is -0.309. The van der Waals surface area contributed by atoms with E-state index in [0.29, 0.717) is 17.9 Å². The Morgan fingerprint density at radius 1 is 0.837 bits per heavy atom. The van der Waals surface area contributed by atoms with E-state index in [0.717, 1.165) is 57.8 Å². The molecule has 6 rings (SSSR count). The van der Waals surface area contributed by atoms with Gasteiger partial charge in [-0.1, -0.05) is 78.3 Å². The van der Waals surface area contributed by atoms with Crippen molar-refractivity contribution in [3.05, 3.63) is 47.5 Å². The van der Waals surface area contributed by atoms with Gasteiger partial charge in [-0.05, 0) is 109 Å². The van der Waals surface area contributed by atoms with E-state index in [2.05, 4.69) is 54.5 Å². The van der Waals surface area contributed by atoms with Crippen molar-refractivity contribution < 1.29 is 24.2 Å². The molecule has 4 fully saturated rings. The van der Waals surface area contributed by atoms with Crippen LogP contribution in [0.2, 0.25) is 0 Å². The van der Waals surface area contributed by atoms with Crippen LogP contribution in [-0.2, 0) is 14.3 Å². The number of aliphatic hydroxyl groups is 1. The molecule has 0 radical (unpaired) electrons. The lowest BCUT2D eigenvalue weighted by Gasteiger charge is -2.71. The fourth-order valence-corrected chi connectivity index (χ4v) is 11.7. The standard InChI is InChI=1S/C38H54O5/c1-32(2)18-21-37(31(40)42-8)22-20-35(6)26(27(37)24-32)14-15-29-34(5)19-23-38(41,43-30(39)25-12-10-9-11-13-25)33(3,4)28(34)16-17-36(29,35)7/h9-14,27-29,41H,15-24H2,1-8H3/t27-,28?,29-,34+,35-,36-,37+,38+/m1/s1. The number of fused-ring (bicyclic) bond motifs is 7. The Kier molecular flexibility index (Phi) is 6.95. The fourth-order valence-electron chi connectivity index (χ4n) is 11.7. The van der Waals surface area contributed by atoms with Gasteiger partial charge in [0.05, 0.1) is 18.1 Å². The summed E-state index contributed by atoms with van der Waals surface area (Å²) >= 11 is 0. The maximum atomic E-state index is 13.5. The zero-order valence-electron chi connectivity index (χ0n) is 27.8. The molecule has 1 unspecified atom stereocenters. The summed E-state index contributed by atoms with van der Waals surface area (Å²) in [6.45, 7) is 16.5. The molecule has 1 aromatic rings. The predicted octanol–water partition coefficient (Wildman–Crippen LogP) is 8.51.